The van der Waals surface area contributed by atoms with Gasteiger partial charge >= 0.3 is 0 Å². The molecule has 0 aromatic rings. The fourth-order valence-electron chi connectivity index (χ4n) is 3.93. The molecule has 0 radical (unpaired) electrons. The van der Waals surface area contributed by atoms with Gasteiger partial charge in [0, 0.05) is 25.6 Å². The minimum absolute atomic E-state index is 0.00282. The second-order valence-electron chi connectivity index (χ2n) is 6.77. The van der Waals surface area contributed by atoms with Crippen molar-refractivity contribution in [1.29, 1.82) is 0 Å². The molecule has 0 aromatic carbocycles. The lowest BCUT2D eigenvalue weighted by molar-refractivity contribution is -0.152. The van der Waals surface area contributed by atoms with Crippen molar-refractivity contribution in [3.05, 3.63) is 0 Å². The summed E-state index contributed by atoms with van der Waals surface area (Å²) in [6.07, 6.45) is 5.34. The number of rotatable bonds is 7. The van der Waals surface area contributed by atoms with Gasteiger partial charge in [-0.15, -0.1) is 0 Å². The predicted molar refractivity (Wildman–Crippen MR) is 84.0 cm³/mol. The zero-order valence-corrected chi connectivity index (χ0v) is 14.4. The zero-order chi connectivity index (χ0) is 16.1. The SMILES string of the molecule is CCN(CCF)C(=O)C(C)(C)C1(CC)CCC(OC)CC1. The number of ether oxygens (including phenoxy) is 1. The van der Waals surface area contributed by atoms with Gasteiger partial charge in [0.2, 0.25) is 5.91 Å². The minimum Gasteiger partial charge on any atom is -0.381 e. The van der Waals surface area contributed by atoms with Gasteiger partial charge in [0.25, 0.3) is 0 Å². The van der Waals surface area contributed by atoms with E-state index in [4.69, 9.17) is 4.74 Å². The predicted octanol–water partition coefficient (Wildman–Crippen LogP) is 3.82. The highest BCUT2D eigenvalue weighted by molar-refractivity contribution is 5.83. The highest BCUT2D eigenvalue weighted by atomic mass is 19.1. The van der Waals surface area contributed by atoms with E-state index in [0.29, 0.717) is 12.6 Å². The molecule has 0 heterocycles. The van der Waals surface area contributed by atoms with Crippen molar-refractivity contribution < 1.29 is 13.9 Å². The summed E-state index contributed by atoms with van der Waals surface area (Å²) in [5.41, 5.74) is -0.450. The Hall–Kier alpha value is -0.640. The van der Waals surface area contributed by atoms with Crippen molar-refractivity contribution in [3.63, 3.8) is 0 Å². The van der Waals surface area contributed by atoms with Crippen molar-refractivity contribution in [2.75, 3.05) is 26.9 Å². The van der Waals surface area contributed by atoms with Gasteiger partial charge in [-0.25, -0.2) is 4.39 Å². The van der Waals surface area contributed by atoms with Crippen molar-refractivity contribution in [1.82, 2.24) is 4.90 Å². The molecule has 0 aromatic heterocycles. The Morgan fingerprint density at radius 3 is 2.29 bits per heavy atom. The number of carbonyl (C=O) groups excluding carboxylic acids is 1. The molecule has 4 heteroatoms. The minimum atomic E-state index is -0.472. The standard InChI is InChI=1S/C17H32FNO2/c1-6-17(10-8-14(21-5)9-11-17)16(3,4)15(20)19(7-2)13-12-18/h14H,6-13H2,1-5H3. The van der Waals surface area contributed by atoms with Crippen LogP contribution in [0.1, 0.15) is 59.8 Å². The topological polar surface area (TPSA) is 29.5 Å². The Labute approximate surface area is 129 Å². The highest BCUT2D eigenvalue weighted by Crippen LogP contribution is 2.53. The fraction of sp³-hybridized carbons (Fsp3) is 0.941. The lowest BCUT2D eigenvalue weighted by Gasteiger charge is -2.50. The summed E-state index contributed by atoms with van der Waals surface area (Å²) in [5, 5.41) is 0. The average Bonchev–Trinajstić information content (AvgIpc) is 2.51. The number of methoxy groups -OCH3 is 1. The number of hydrogen-bond acceptors (Lipinski definition) is 2. The quantitative estimate of drug-likeness (QED) is 0.715. The van der Waals surface area contributed by atoms with Gasteiger partial charge in [-0.2, -0.15) is 0 Å². The summed E-state index contributed by atoms with van der Waals surface area (Å²) >= 11 is 0. The molecule has 1 aliphatic rings. The molecule has 0 atom stereocenters. The van der Waals surface area contributed by atoms with Crippen LogP contribution in [-0.2, 0) is 9.53 Å². The molecule has 0 saturated heterocycles. The number of carbonyl (C=O) groups is 1. The van der Waals surface area contributed by atoms with Gasteiger partial charge in [0.05, 0.1) is 6.10 Å². The third-order valence-electron chi connectivity index (χ3n) is 5.78. The molecule has 0 unspecified atom stereocenters. The van der Waals surface area contributed by atoms with Crippen molar-refractivity contribution in [2.24, 2.45) is 10.8 Å². The summed E-state index contributed by atoms with van der Waals surface area (Å²) in [7, 11) is 1.76. The second-order valence-corrected chi connectivity index (χ2v) is 6.77. The van der Waals surface area contributed by atoms with Gasteiger partial charge in [0.15, 0.2) is 0 Å². The van der Waals surface area contributed by atoms with Crippen LogP contribution in [0.3, 0.4) is 0 Å². The maximum Gasteiger partial charge on any atom is 0.228 e. The third kappa shape index (κ3) is 3.58. The molecule has 3 nitrogen and oxygen atoms in total. The van der Waals surface area contributed by atoms with Crippen LogP contribution in [0, 0.1) is 10.8 Å². The highest BCUT2D eigenvalue weighted by Gasteiger charge is 2.50. The molecule has 1 aliphatic carbocycles. The van der Waals surface area contributed by atoms with Gasteiger partial charge in [-0.3, -0.25) is 4.79 Å². The van der Waals surface area contributed by atoms with E-state index in [1.807, 2.05) is 20.8 Å². The molecule has 1 saturated carbocycles. The van der Waals surface area contributed by atoms with Gasteiger partial charge in [0.1, 0.15) is 6.67 Å². The summed E-state index contributed by atoms with van der Waals surface area (Å²) in [5.74, 6) is 0.0976. The van der Waals surface area contributed by atoms with Crippen LogP contribution in [0.2, 0.25) is 0 Å². The van der Waals surface area contributed by atoms with E-state index in [2.05, 4.69) is 6.92 Å². The smallest absolute Gasteiger partial charge is 0.228 e. The first-order valence-corrected chi connectivity index (χ1v) is 8.26. The number of amides is 1. The Balaban J connectivity index is 2.94. The van der Waals surface area contributed by atoms with E-state index < -0.39 is 12.1 Å². The largest absolute Gasteiger partial charge is 0.381 e. The molecule has 1 amide bonds. The monoisotopic (exact) mass is 301 g/mol. The number of alkyl halides is 1. The lowest BCUT2D eigenvalue weighted by Crippen LogP contribution is -2.52. The van der Waals surface area contributed by atoms with Crippen LogP contribution in [-0.4, -0.2) is 43.8 Å². The molecule has 0 bridgehead atoms. The molecule has 0 N–H and O–H groups in total. The molecule has 21 heavy (non-hydrogen) atoms. The second kappa shape index (κ2) is 7.57. The Bertz CT molecular complexity index is 336. The van der Waals surface area contributed by atoms with E-state index in [0.717, 1.165) is 32.1 Å². The van der Waals surface area contributed by atoms with Crippen LogP contribution in [0.5, 0.6) is 0 Å². The first-order valence-electron chi connectivity index (χ1n) is 8.26. The normalized spacial score (nSPS) is 26.7. The summed E-state index contributed by atoms with van der Waals surface area (Å²) in [6, 6.07) is 0. The summed E-state index contributed by atoms with van der Waals surface area (Å²) in [4.78, 5) is 14.6. The van der Waals surface area contributed by atoms with Crippen molar-refractivity contribution in [3.8, 4) is 0 Å². The number of nitrogens with zero attached hydrogens (tertiary/aromatic N) is 1. The average molecular weight is 301 g/mol. The van der Waals surface area contributed by atoms with E-state index in [-0.39, 0.29) is 17.9 Å². The van der Waals surface area contributed by atoms with Gasteiger partial charge < -0.3 is 9.64 Å². The molecular formula is C17H32FNO2. The Kier molecular flexibility index (Phi) is 6.64. The summed E-state index contributed by atoms with van der Waals surface area (Å²) in [6.45, 7) is 8.50. The fourth-order valence-corrected chi connectivity index (χ4v) is 3.93. The maximum absolute atomic E-state index is 12.9. The van der Waals surface area contributed by atoms with Crippen LogP contribution in [0.15, 0.2) is 0 Å². The lowest BCUT2D eigenvalue weighted by atomic mass is 9.56. The number of hydrogen-bond donors (Lipinski definition) is 0. The van der Waals surface area contributed by atoms with E-state index in [1.54, 1.807) is 12.0 Å². The number of halogens is 1. The maximum atomic E-state index is 12.9. The molecule has 124 valence electrons. The third-order valence-corrected chi connectivity index (χ3v) is 5.78. The van der Waals surface area contributed by atoms with E-state index in [1.165, 1.54) is 0 Å². The first kappa shape index (κ1) is 18.4. The molecule has 0 aliphatic heterocycles. The molecular weight excluding hydrogens is 269 g/mol. The van der Waals surface area contributed by atoms with E-state index >= 15 is 0 Å². The van der Waals surface area contributed by atoms with Gasteiger partial charge in [-0.05, 0) is 44.4 Å². The van der Waals surface area contributed by atoms with Gasteiger partial charge in [-0.1, -0.05) is 20.8 Å². The van der Waals surface area contributed by atoms with Crippen LogP contribution in [0.4, 0.5) is 4.39 Å². The van der Waals surface area contributed by atoms with E-state index in [9.17, 15) is 9.18 Å². The van der Waals surface area contributed by atoms with Crippen molar-refractivity contribution >= 4 is 5.91 Å². The molecule has 1 fully saturated rings. The Morgan fingerprint density at radius 2 is 1.90 bits per heavy atom. The molecule has 0 spiro atoms. The Morgan fingerprint density at radius 1 is 1.33 bits per heavy atom. The van der Waals surface area contributed by atoms with Crippen molar-refractivity contribution in [2.45, 2.75) is 65.9 Å². The first-order chi connectivity index (χ1) is 9.88. The van der Waals surface area contributed by atoms with Crippen LogP contribution in [0.25, 0.3) is 0 Å². The summed E-state index contributed by atoms with van der Waals surface area (Å²) < 4.78 is 18.1. The van der Waals surface area contributed by atoms with Crippen LogP contribution < -0.4 is 0 Å². The van der Waals surface area contributed by atoms with Crippen LogP contribution >= 0.6 is 0 Å². The molecule has 1 rings (SSSR count). The zero-order valence-electron chi connectivity index (χ0n) is 14.4.